The summed E-state index contributed by atoms with van der Waals surface area (Å²) in [6.07, 6.45) is 14.0. The van der Waals surface area contributed by atoms with E-state index in [-0.39, 0.29) is 29.4 Å². The highest BCUT2D eigenvalue weighted by molar-refractivity contribution is 6.07. The van der Waals surface area contributed by atoms with Gasteiger partial charge in [-0.1, -0.05) is 74.4 Å². The number of unbranched alkanes of at least 4 members (excludes halogenated alkanes) is 3. The average Bonchev–Trinajstić information content (AvgIpc) is 3.06. The number of fused-ring (bicyclic) bond motifs is 3. The predicted octanol–water partition coefficient (Wildman–Crippen LogP) is 5.14. The lowest BCUT2D eigenvalue weighted by molar-refractivity contribution is -0.438. The first-order valence-corrected chi connectivity index (χ1v) is 12.7. The van der Waals surface area contributed by atoms with Crippen molar-refractivity contribution < 1.29 is 28.6 Å². The molecule has 0 fully saturated rings. The van der Waals surface area contributed by atoms with Gasteiger partial charge >= 0.3 is 0 Å². The monoisotopic (exact) mass is 578 g/mol. The van der Waals surface area contributed by atoms with Crippen molar-refractivity contribution in [3.8, 4) is 0 Å². The number of nitrogens with zero attached hydrogens (tertiary/aromatic N) is 2. The lowest BCUT2D eigenvalue weighted by Gasteiger charge is -2.17. The molecule has 0 aromatic heterocycles. The molecule has 3 aromatic rings. The molecule has 1 aliphatic heterocycles. The Kier molecular flexibility index (Phi) is 9.34. The number of halogens is 1. The van der Waals surface area contributed by atoms with E-state index in [4.69, 9.17) is 0 Å². The maximum Gasteiger partial charge on any atom is 0.210 e. The zero-order valence-electron chi connectivity index (χ0n) is 21.9. The Morgan fingerprint density at radius 2 is 1.54 bits per heavy atom. The number of allylic oxidation sites excluding steroid dienone is 3. The molecule has 0 unspecified atom stereocenters. The molecule has 0 saturated heterocycles. The molecule has 0 atom stereocenters. The zero-order chi connectivity index (χ0) is 24.1. The maximum absolute atomic E-state index is 2.58. The highest BCUT2D eigenvalue weighted by atomic mass is 127. The molecule has 0 radical (unpaired) electrons. The van der Waals surface area contributed by atoms with Crippen molar-refractivity contribution in [1.82, 2.24) is 0 Å². The smallest absolute Gasteiger partial charge is 0.210 e. The average molecular weight is 579 g/mol. The topological polar surface area (TPSA) is 6.25 Å². The fourth-order valence-corrected chi connectivity index (χ4v) is 5.17. The van der Waals surface area contributed by atoms with Crippen molar-refractivity contribution in [2.75, 3.05) is 25.5 Å². The van der Waals surface area contributed by atoms with Gasteiger partial charge in [-0.2, -0.15) is 4.58 Å². The predicted molar refractivity (Wildman–Crippen MR) is 150 cm³/mol. The van der Waals surface area contributed by atoms with E-state index in [1.54, 1.807) is 0 Å². The molecule has 3 aromatic carbocycles. The van der Waals surface area contributed by atoms with Crippen LogP contribution in [0.5, 0.6) is 0 Å². The lowest BCUT2D eigenvalue weighted by atomic mass is 9.79. The van der Waals surface area contributed by atoms with Crippen LogP contribution in [0, 0.1) is 0 Å². The lowest BCUT2D eigenvalue weighted by Crippen LogP contribution is -3.00. The molecule has 1 heterocycles. The van der Waals surface area contributed by atoms with Gasteiger partial charge in [0.2, 0.25) is 5.69 Å². The molecule has 1 aliphatic rings. The summed E-state index contributed by atoms with van der Waals surface area (Å²) in [5, 5.41) is 2.70. The summed E-state index contributed by atoms with van der Waals surface area (Å²) in [5.41, 5.74) is 6.63. The molecule has 0 bridgehead atoms. The molecule has 0 spiro atoms. The van der Waals surface area contributed by atoms with Crippen LogP contribution in [0.1, 0.15) is 57.6 Å². The van der Waals surface area contributed by atoms with Crippen LogP contribution in [0.2, 0.25) is 0 Å². The summed E-state index contributed by atoms with van der Waals surface area (Å²) >= 11 is 0. The largest absolute Gasteiger partial charge is 1.00 e. The van der Waals surface area contributed by atoms with Gasteiger partial charge in [0, 0.05) is 43.9 Å². The Balaban J connectivity index is 0.00000342. The van der Waals surface area contributed by atoms with Gasteiger partial charge in [-0.3, -0.25) is 0 Å². The Morgan fingerprint density at radius 3 is 2.26 bits per heavy atom. The summed E-state index contributed by atoms with van der Waals surface area (Å²) in [6, 6.07) is 22.1. The van der Waals surface area contributed by atoms with Crippen LogP contribution in [0.25, 0.3) is 16.8 Å². The maximum atomic E-state index is 2.58. The van der Waals surface area contributed by atoms with Crippen LogP contribution in [-0.4, -0.2) is 30.9 Å². The van der Waals surface area contributed by atoms with Crippen molar-refractivity contribution >= 4 is 33.9 Å². The molecular formula is C32H39IN2. The first-order chi connectivity index (χ1) is 16.4. The second-order valence-electron chi connectivity index (χ2n) is 10.1. The molecule has 2 nitrogen and oxygen atoms in total. The first kappa shape index (κ1) is 27.2. The Morgan fingerprint density at radius 1 is 0.829 bits per heavy atom. The van der Waals surface area contributed by atoms with Crippen molar-refractivity contribution in [2.45, 2.75) is 51.9 Å². The van der Waals surface area contributed by atoms with E-state index in [1.165, 1.54) is 64.7 Å². The van der Waals surface area contributed by atoms with Gasteiger partial charge in [0.1, 0.15) is 6.54 Å². The van der Waals surface area contributed by atoms with Crippen LogP contribution < -0.4 is 28.9 Å². The van der Waals surface area contributed by atoms with Gasteiger partial charge in [-0.25, -0.2) is 0 Å². The number of hydrogen-bond acceptors (Lipinski definition) is 1. The Labute approximate surface area is 229 Å². The molecule has 3 heteroatoms. The van der Waals surface area contributed by atoms with Gasteiger partial charge < -0.3 is 28.9 Å². The molecule has 4 rings (SSSR count). The van der Waals surface area contributed by atoms with E-state index >= 15 is 0 Å². The van der Waals surface area contributed by atoms with E-state index in [1.807, 2.05) is 0 Å². The number of benzene rings is 3. The van der Waals surface area contributed by atoms with Crippen molar-refractivity contribution in [2.24, 2.45) is 0 Å². The molecule has 0 amide bonds. The minimum Gasteiger partial charge on any atom is -1.00 e. The van der Waals surface area contributed by atoms with Gasteiger partial charge in [-0.15, -0.1) is 0 Å². The summed E-state index contributed by atoms with van der Waals surface area (Å²) < 4.78 is 2.58. The van der Waals surface area contributed by atoms with E-state index < -0.39 is 0 Å². The van der Waals surface area contributed by atoms with Gasteiger partial charge in [-0.05, 0) is 54.8 Å². The summed E-state index contributed by atoms with van der Waals surface area (Å²) in [5.74, 6) is 0. The van der Waals surface area contributed by atoms with Gasteiger partial charge in [0.15, 0.2) is 5.71 Å². The summed E-state index contributed by atoms with van der Waals surface area (Å²) in [7, 11) is 4.15. The van der Waals surface area contributed by atoms with Crippen molar-refractivity contribution in [1.29, 1.82) is 0 Å². The van der Waals surface area contributed by atoms with Crippen LogP contribution >= 0.6 is 0 Å². The fraction of sp³-hybridized carbons (Fsp3) is 0.344. The second-order valence-corrected chi connectivity index (χ2v) is 10.1. The van der Waals surface area contributed by atoms with Gasteiger partial charge in [0.25, 0.3) is 0 Å². The molecule has 184 valence electrons. The molecule has 0 aliphatic carbocycles. The third-order valence-corrected chi connectivity index (χ3v) is 7.05. The van der Waals surface area contributed by atoms with Crippen LogP contribution in [0.3, 0.4) is 0 Å². The summed E-state index contributed by atoms with van der Waals surface area (Å²) in [4.78, 5) is 2.13. The third-order valence-electron chi connectivity index (χ3n) is 7.05. The van der Waals surface area contributed by atoms with Crippen LogP contribution in [0.15, 0.2) is 78.9 Å². The van der Waals surface area contributed by atoms with Crippen molar-refractivity contribution in [3.63, 3.8) is 0 Å². The molecule has 35 heavy (non-hydrogen) atoms. The van der Waals surface area contributed by atoms with Crippen molar-refractivity contribution in [3.05, 3.63) is 90.0 Å². The Bertz CT molecular complexity index is 1230. The van der Waals surface area contributed by atoms with Crippen LogP contribution in [0.4, 0.5) is 11.4 Å². The second kappa shape index (κ2) is 12.0. The highest BCUT2D eigenvalue weighted by Crippen LogP contribution is 2.44. The zero-order valence-corrected chi connectivity index (χ0v) is 24.0. The first-order valence-electron chi connectivity index (χ1n) is 12.7. The van der Waals surface area contributed by atoms with E-state index in [0.29, 0.717) is 0 Å². The molecular weight excluding hydrogens is 539 g/mol. The fourth-order valence-electron chi connectivity index (χ4n) is 5.17. The minimum absolute atomic E-state index is 0. The molecule has 0 N–H and O–H groups in total. The van der Waals surface area contributed by atoms with E-state index in [0.717, 1.165) is 6.54 Å². The quantitative estimate of drug-likeness (QED) is 0.148. The molecule has 0 saturated carbocycles. The number of anilines is 1. The number of rotatable bonds is 9. The highest BCUT2D eigenvalue weighted by Gasteiger charge is 2.45. The van der Waals surface area contributed by atoms with Gasteiger partial charge in [0.05, 0.1) is 5.41 Å². The SMILES string of the molecule is CCCCCC[N+]1=C(/C=C/C=C/c2ccc(N(C)C)cc2)C(C)(C)c2c1ccc1ccccc21.[I-]. The third kappa shape index (κ3) is 5.88. The number of hydrogen-bond donors (Lipinski definition) is 0. The minimum atomic E-state index is -0.0430. The van der Waals surface area contributed by atoms with Crippen LogP contribution in [-0.2, 0) is 5.41 Å². The standard InChI is InChI=1S/C32H39N2.HI/c1-6-7-8-13-24-34-29-23-20-26-15-10-11-16-28(26)31(29)32(2,3)30(34)17-12-9-14-25-18-21-27(22-19-25)33(4)5;/h9-12,14-23H,6-8,13,24H2,1-5H3;1H/q+1;/p-1. The van der Waals surface area contributed by atoms with E-state index in [9.17, 15) is 0 Å². The van der Waals surface area contributed by atoms with E-state index in [2.05, 4.69) is 129 Å². The Hall–Kier alpha value is -2.40. The normalized spacial score (nSPS) is 14.7. The summed E-state index contributed by atoms with van der Waals surface area (Å²) in [6.45, 7) is 8.12.